The highest BCUT2D eigenvalue weighted by Crippen LogP contribution is 2.20. The molecule has 0 saturated carbocycles. The maximum Gasteiger partial charge on any atom is 0.198 e. The van der Waals surface area contributed by atoms with Gasteiger partial charge in [-0.3, -0.25) is 4.79 Å². The number of ether oxygens (including phenoxy) is 1. The van der Waals surface area contributed by atoms with Gasteiger partial charge in [0.1, 0.15) is 18.9 Å². The Bertz CT molecular complexity index is 1010. The van der Waals surface area contributed by atoms with E-state index < -0.39 is 0 Å². The Morgan fingerprint density at radius 3 is 2.79 bits per heavy atom. The number of rotatable bonds is 5. The molecule has 3 aromatic rings. The monoisotopic (exact) mass is 377 g/mol. The van der Waals surface area contributed by atoms with Crippen molar-refractivity contribution in [3.8, 4) is 5.75 Å². The van der Waals surface area contributed by atoms with Crippen molar-refractivity contribution < 1.29 is 9.64 Å². The van der Waals surface area contributed by atoms with Crippen LogP contribution in [-0.4, -0.2) is 18.1 Å². The molecule has 0 bridgehead atoms. The zero-order valence-corrected chi connectivity index (χ0v) is 16.8. The molecule has 1 aliphatic rings. The van der Waals surface area contributed by atoms with Gasteiger partial charge in [0, 0.05) is 22.5 Å². The van der Waals surface area contributed by atoms with E-state index in [0.29, 0.717) is 6.61 Å². The first-order chi connectivity index (χ1) is 13.6. The predicted molar refractivity (Wildman–Crippen MR) is 113 cm³/mol. The molecule has 2 aromatic carbocycles. The Morgan fingerprint density at radius 1 is 1.18 bits per heavy atom. The summed E-state index contributed by atoms with van der Waals surface area (Å²) in [7, 11) is 0. The Morgan fingerprint density at radius 2 is 2.00 bits per heavy atom. The van der Waals surface area contributed by atoms with Gasteiger partial charge >= 0.3 is 0 Å². The summed E-state index contributed by atoms with van der Waals surface area (Å²) in [5.41, 5.74) is 4.03. The normalized spacial score (nSPS) is 19.6. The molecular weight excluding hydrogens is 348 g/mol. The van der Waals surface area contributed by atoms with Crippen LogP contribution in [0.4, 0.5) is 0 Å². The Balaban J connectivity index is 1.59. The molecule has 0 amide bonds. The summed E-state index contributed by atoms with van der Waals surface area (Å²) in [6.45, 7) is 7.93. The van der Waals surface area contributed by atoms with Crippen LogP contribution in [0.2, 0.25) is 0 Å². The molecule has 28 heavy (non-hydrogen) atoms. The zero-order valence-electron chi connectivity index (χ0n) is 16.8. The van der Waals surface area contributed by atoms with Gasteiger partial charge in [0.2, 0.25) is 0 Å². The first-order valence-corrected chi connectivity index (χ1v) is 10.3. The third-order valence-electron chi connectivity index (χ3n) is 5.82. The van der Waals surface area contributed by atoms with Crippen LogP contribution in [0.3, 0.4) is 0 Å². The Kier molecular flexibility index (Phi) is 5.49. The molecule has 2 N–H and O–H groups in total. The number of piperidine rings is 1. The summed E-state index contributed by atoms with van der Waals surface area (Å²) in [4.78, 5) is 18.2. The lowest BCUT2D eigenvalue weighted by Gasteiger charge is -2.28. The molecule has 0 spiro atoms. The van der Waals surface area contributed by atoms with E-state index in [2.05, 4.69) is 11.9 Å². The zero-order chi connectivity index (χ0) is 19.5. The quantitative estimate of drug-likeness (QED) is 0.717. The molecule has 1 aliphatic heterocycles. The Hall–Kier alpha value is -2.59. The fourth-order valence-electron chi connectivity index (χ4n) is 4.28. The first kappa shape index (κ1) is 18.8. The summed E-state index contributed by atoms with van der Waals surface area (Å²) >= 11 is 0. The number of likely N-dealkylation sites (tertiary alicyclic amines) is 1. The van der Waals surface area contributed by atoms with Crippen LogP contribution in [-0.2, 0) is 13.2 Å². The molecule has 1 saturated heterocycles. The van der Waals surface area contributed by atoms with E-state index in [1.165, 1.54) is 17.7 Å². The number of aryl methyl sites for hydroxylation is 1. The summed E-state index contributed by atoms with van der Waals surface area (Å²) < 4.78 is 5.93. The molecule has 146 valence electrons. The number of hydrogen-bond donors (Lipinski definition) is 2. The largest absolute Gasteiger partial charge is 0.489 e. The summed E-state index contributed by atoms with van der Waals surface area (Å²) in [5.74, 6) is 1.47. The van der Waals surface area contributed by atoms with Crippen molar-refractivity contribution in [2.24, 2.45) is 5.92 Å². The van der Waals surface area contributed by atoms with Crippen molar-refractivity contribution in [1.82, 2.24) is 4.98 Å². The fraction of sp³-hybridized carbons (Fsp3) is 0.375. The number of hydrogen-bond acceptors (Lipinski definition) is 2. The van der Waals surface area contributed by atoms with Crippen LogP contribution < -0.4 is 15.1 Å². The molecular formula is C24H29N2O2+. The van der Waals surface area contributed by atoms with Crippen molar-refractivity contribution in [2.75, 3.05) is 13.1 Å². The number of nitrogens with one attached hydrogen (secondary N) is 2. The highest BCUT2D eigenvalue weighted by atomic mass is 16.5. The van der Waals surface area contributed by atoms with Crippen LogP contribution >= 0.6 is 0 Å². The van der Waals surface area contributed by atoms with Crippen LogP contribution in [0.15, 0.2) is 53.3 Å². The van der Waals surface area contributed by atoms with Crippen LogP contribution in [0, 0.1) is 12.8 Å². The van der Waals surface area contributed by atoms with E-state index >= 15 is 0 Å². The maximum absolute atomic E-state index is 13.2. The van der Waals surface area contributed by atoms with Crippen molar-refractivity contribution in [1.29, 1.82) is 0 Å². The minimum atomic E-state index is 0.141. The number of H-pyrrole nitrogens is 1. The van der Waals surface area contributed by atoms with Crippen molar-refractivity contribution >= 4 is 10.9 Å². The summed E-state index contributed by atoms with van der Waals surface area (Å²) in [6.07, 6.45) is 2.55. The van der Waals surface area contributed by atoms with E-state index in [4.69, 9.17) is 4.74 Å². The van der Waals surface area contributed by atoms with Crippen LogP contribution in [0.25, 0.3) is 10.9 Å². The number of benzene rings is 2. The van der Waals surface area contributed by atoms with Gasteiger partial charge in [0.15, 0.2) is 5.43 Å². The van der Waals surface area contributed by atoms with E-state index in [-0.39, 0.29) is 5.43 Å². The number of quaternary nitrogens is 1. The molecule has 1 aromatic heterocycles. The number of aromatic amines is 1. The lowest BCUT2D eigenvalue weighted by Crippen LogP contribution is -3.12. The SMILES string of the molecule is Cc1[nH]c2ccc(OCc3ccccc3)cc2c(=O)c1C[NH+]1CCCC(C)C1. The molecule has 1 fully saturated rings. The first-order valence-electron chi connectivity index (χ1n) is 10.3. The van der Waals surface area contributed by atoms with E-state index in [0.717, 1.165) is 59.0 Å². The highest BCUT2D eigenvalue weighted by molar-refractivity contribution is 5.81. The molecule has 2 heterocycles. The Labute approximate surface area is 166 Å². The molecule has 4 heteroatoms. The standard InChI is InChI=1S/C24H28N2O2/c1-17-7-6-12-26(14-17)15-22-18(2)25-23-11-10-20(13-21(23)24(22)27)28-16-19-8-4-3-5-9-19/h3-5,8-11,13,17H,6-7,12,14-16H2,1-2H3,(H,25,27)/p+1. The van der Waals surface area contributed by atoms with Crippen LogP contribution in [0.5, 0.6) is 5.75 Å². The van der Waals surface area contributed by atoms with E-state index in [1.54, 1.807) is 0 Å². The second-order valence-electron chi connectivity index (χ2n) is 8.17. The van der Waals surface area contributed by atoms with Crippen molar-refractivity contribution in [3.05, 3.63) is 75.6 Å². The van der Waals surface area contributed by atoms with Gasteiger partial charge in [0.05, 0.1) is 18.7 Å². The lowest BCUT2D eigenvalue weighted by molar-refractivity contribution is -0.922. The van der Waals surface area contributed by atoms with Gasteiger partial charge in [-0.2, -0.15) is 0 Å². The molecule has 2 unspecified atom stereocenters. The summed E-state index contributed by atoms with van der Waals surface area (Å²) in [6, 6.07) is 15.8. The second-order valence-corrected chi connectivity index (χ2v) is 8.17. The minimum Gasteiger partial charge on any atom is -0.489 e. The van der Waals surface area contributed by atoms with Gasteiger partial charge in [0.25, 0.3) is 0 Å². The van der Waals surface area contributed by atoms with Crippen LogP contribution in [0.1, 0.15) is 36.6 Å². The smallest absolute Gasteiger partial charge is 0.198 e. The maximum atomic E-state index is 13.2. The predicted octanol–water partition coefficient (Wildman–Crippen LogP) is 3.23. The molecule has 2 atom stereocenters. The third kappa shape index (κ3) is 4.12. The lowest BCUT2D eigenvalue weighted by atomic mass is 9.99. The van der Waals surface area contributed by atoms with Gasteiger partial charge in [-0.1, -0.05) is 37.3 Å². The third-order valence-corrected chi connectivity index (χ3v) is 5.82. The van der Waals surface area contributed by atoms with Gasteiger partial charge in [-0.25, -0.2) is 0 Å². The molecule has 0 aliphatic carbocycles. The molecule has 4 rings (SSSR count). The number of fused-ring (bicyclic) bond motifs is 1. The average Bonchev–Trinajstić information content (AvgIpc) is 2.71. The molecule has 4 nitrogen and oxygen atoms in total. The van der Waals surface area contributed by atoms with Gasteiger partial charge in [-0.15, -0.1) is 0 Å². The van der Waals surface area contributed by atoms with Crippen molar-refractivity contribution in [2.45, 2.75) is 39.8 Å². The molecule has 0 radical (unpaired) electrons. The minimum absolute atomic E-state index is 0.141. The topological polar surface area (TPSA) is 46.5 Å². The average molecular weight is 378 g/mol. The van der Waals surface area contributed by atoms with E-state index in [1.807, 2.05) is 55.5 Å². The second kappa shape index (κ2) is 8.19. The van der Waals surface area contributed by atoms with Gasteiger partial charge in [-0.05, 0) is 43.5 Å². The number of aromatic nitrogens is 1. The fourth-order valence-corrected chi connectivity index (χ4v) is 4.28. The van der Waals surface area contributed by atoms with Crippen molar-refractivity contribution in [3.63, 3.8) is 0 Å². The van der Waals surface area contributed by atoms with Gasteiger partial charge < -0.3 is 14.6 Å². The van der Waals surface area contributed by atoms with E-state index in [9.17, 15) is 4.79 Å². The summed E-state index contributed by atoms with van der Waals surface area (Å²) in [5, 5.41) is 0.718. The highest BCUT2D eigenvalue weighted by Gasteiger charge is 2.22. The number of pyridine rings is 1.